The number of amides is 1. The average Bonchev–Trinajstić information content (AvgIpc) is 2.54. The van der Waals surface area contributed by atoms with E-state index in [9.17, 15) is 13.2 Å². The van der Waals surface area contributed by atoms with Crippen molar-refractivity contribution in [3.8, 4) is 11.5 Å². The second kappa shape index (κ2) is 7.65. The van der Waals surface area contributed by atoms with Crippen LogP contribution in [0.25, 0.3) is 0 Å². The molecular weight excluding hydrogens is 320 g/mol. The lowest BCUT2D eigenvalue weighted by Crippen LogP contribution is -2.41. The molecule has 1 aliphatic heterocycles. The van der Waals surface area contributed by atoms with Crippen molar-refractivity contribution >= 4 is 21.4 Å². The number of nitrogens with one attached hydrogen (secondary N) is 1. The largest absolute Gasteiger partial charge is 0.497 e. The van der Waals surface area contributed by atoms with E-state index in [0.717, 1.165) is 0 Å². The smallest absolute Gasteiger partial charge is 0.225 e. The summed E-state index contributed by atoms with van der Waals surface area (Å²) in [6.45, 7) is 1.52. The van der Waals surface area contributed by atoms with Gasteiger partial charge in [-0.05, 0) is 12.1 Å². The molecular formula is C15H22N2O5S. The Balaban J connectivity index is 1.85. The average molecular weight is 342 g/mol. The molecule has 0 aliphatic carbocycles. The lowest BCUT2D eigenvalue weighted by atomic mass is 10.2. The molecule has 0 spiro atoms. The van der Waals surface area contributed by atoms with Gasteiger partial charge < -0.3 is 19.7 Å². The van der Waals surface area contributed by atoms with Crippen LogP contribution in [0.15, 0.2) is 18.2 Å². The number of benzene rings is 1. The number of carbonyl (C=O) groups is 1. The quantitative estimate of drug-likeness (QED) is 0.822. The molecule has 1 heterocycles. The summed E-state index contributed by atoms with van der Waals surface area (Å²) in [5.74, 6) is 1.38. The van der Waals surface area contributed by atoms with Crippen LogP contribution in [0.3, 0.4) is 0 Å². The number of rotatable bonds is 6. The molecule has 1 saturated heterocycles. The van der Waals surface area contributed by atoms with Gasteiger partial charge in [0.1, 0.15) is 11.5 Å². The third kappa shape index (κ3) is 5.11. The highest BCUT2D eigenvalue weighted by atomic mass is 32.2. The van der Waals surface area contributed by atoms with E-state index in [4.69, 9.17) is 9.47 Å². The fourth-order valence-electron chi connectivity index (χ4n) is 2.35. The first kappa shape index (κ1) is 17.6. The molecule has 128 valence electrons. The van der Waals surface area contributed by atoms with Crippen LogP contribution < -0.4 is 14.8 Å². The van der Waals surface area contributed by atoms with Gasteiger partial charge in [0.25, 0.3) is 0 Å². The zero-order valence-electron chi connectivity index (χ0n) is 13.4. The van der Waals surface area contributed by atoms with Crippen LogP contribution in [0.4, 0.5) is 5.69 Å². The number of hydrogen-bond acceptors (Lipinski definition) is 6. The molecule has 0 aromatic heterocycles. The number of methoxy groups -OCH3 is 2. The molecule has 0 radical (unpaired) electrons. The Morgan fingerprint density at radius 3 is 2.52 bits per heavy atom. The van der Waals surface area contributed by atoms with E-state index in [-0.39, 0.29) is 17.4 Å². The van der Waals surface area contributed by atoms with Crippen LogP contribution >= 0.6 is 0 Å². The number of nitrogens with zero attached hydrogens (tertiary/aromatic N) is 1. The van der Waals surface area contributed by atoms with Crippen LogP contribution in [0.5, 0.6) is 11.5 Å². The van der Waals surface area contributed by atoms with Crippen LogP contribution in [-0.2, 0) is 14.6 Å². The number of hydrogen-bond donors (Lipinski definition) is 1. The van der Waals surface area contributed by atoms with E-state index < -0.39 is 9.84 Å². The molecule has 0 unspecified atom stereocenters. The highest BCUT2D eigenvalue weighted by Gasteiger charge is 2.21. The third-order valence-electron chi connectivity index (χ3n) is 3.77. The van der Waals surface area contributed by atoms with Crippen molar-refractivity contribution in [1.82, 2.24) is 4.90 Å². The van der Waals surface area contributed by atoms with Gasteiger partial charge in [-0.3, -0.25) is 4.79 Å². The second-order valence-electron chi connectivity index (χ2n) is 5.36. The molecule has 1 fully saturated rings. The summed E-state index contributed by atoms with van der Waals surface area (Å²) in [4.78, 5) is 14.1. The minimum atomic E-state index is -2.89. The van der Waals surface area contributed by atoms with Gasteiger partial charge in [-0.2, -0.15) is 0 Å². The van der Waals surface area contributed by atoms with E-state index in [1.807, 2.05) is 4.90 Å². The predicted molar refractivity (Wildman–Crippen MR) is 87.9 cm³/mol. The standard InChI is InChI=1S/C15H22N2O5S/c1-21-12-3-4-13(14(11-12)22-2)16-15(18)5-6-17-7-9-23(19,20)10-8-17/h3-4,11H,5-10H2,1-2H3,(H,16,18). The van der Waals surface area contributed by atoms with Gasteiger partial charge in [0.05, 0.1) is 31.4 Å². The zero-order chi connectivity index (χ0) is 16.9. The minimum absolute atomic E-state index is 0.137. The molecule has 1 aromatic rings. The first-order chi connectivity index (χ1) is 10.9. The lowest BCUT2D eigenvalue weighted by molar-refractivity contribution is -0.116. The van der Waals surface area contributed by atoms with Crippen LogP contribution in [-0.4, -0.2) is 64.6 Å². The minimum Gasteiger partial charge on any atom is -0.497 e. The summed E-state index contributed by atoms with van der Waals surface area (Å²) >= 11 is 0. The molecule has 0 bridgehead atoms. The lowest BCUT2D eigenvalue weighted by Gasteiger charge is -2.26. The Labute approximate surface area is 136 Å². The van der Waals surface area contributed by atoms with Crippen LogP contribution in [0.2, 0.25) is 0 Å². The Morgan fingerprint density at radius 2 is 1.91 bits per heavy atom. The highest BCUT2D eigenvalue weighted by molar-refractivity contribution is 7.91. The number of anilines is 1. The van der Waals surface area contributed by atoms with Crippen molar-refractivity contribution in [2.75, 3.05) is 50.7 Å². The fourth-order valence-corrected chi connectivity index (χ4v) is 3.62. The normalized spacial score (nSPS) is 17.5. The van der Waals surface area contributed by atoms with Crippen LogP contribution in [0.1, 0.15) is 6.42 Å². The van der Waals surface area contributed by atoms with E-state index in [1.165, 1.54) is 7.11 Å². The first-order valence-corrected chi connectivity index (χ1v) is 9.20. The molecule has 0 atom stereocenters. The van der Waals surface area contributed by atoms with Gasteiger partial charge >= 0.3 is 0 Å². The van der Waals surface area contributed by atoms with E-state index in [2.05, 4.69) is 5.32 Å². The fraction of sp³-hybridized carbons (Fsp3) is 0.533. The van der Waals surface area contributed by atoms with Crippen molar-refractivity contribution < 1.29 is 22.7 Å². The first-order valence-electron chi connectivity index (χ1n) is 7.38. The maximum atomic E-state index is 12.1. The molecule has 1 amide bonds. The van der Waals surface area contributed by atoms with E-state index in [0.29, 0.717) is 43.2 Å². The maximum absolute atomic E-state index is 12.1. The predicted octanol–water partition coefficient (Wildman–Crippen LogP) is 0.763. The van der Waals surface area contributed by atoms with Gasteiger partial charge in [-0.15, -0.1) is 0 Å². The summed E-state index contributed by atoms with van der Waals surface area (Å²) in [6.07, 6.45) is 0.301. The van der Waals surface area contributed by atoms with Gasteiger partial charge in [0.2, 0.25) is 5.91 Å². The van der Waals surface area contributed by atoms with Gasteiger partial charge in [-0.1, -0.05) is 0 Å². The highest BCUT2D eigenvalue weighted by Crippen LogP contribution is 2.29. The molecule has 8 heteroatoms. The monoisotopic (exact) mass is 342 g/mol. The van der Waals surface area contributed by atoms with Crippen LogP contribution in [0, 0.1) is 0 Å². The number of carbonyl (C=O) groups excluding carboxylic acids is 1. The summed E-state index contributed by atoms with van der Waals surface area (Å²) in [5, 5.41) is 2.80. The molecule has 1 aromatic carbocycles. The second-order valence-corrected chi connectivity index (χ2v) is 7.66. The van der Waals surface area contributed by atoms with E-state index >= 15 is 0 Å². The number of ether oxygens (including phenoxy) is 2. The van der Waals surface area contributed by atoms with Gasteiger partial charge in [-0.25, -0.2) is 8.42 Å². The summed E-state index contributed by atoms with van der Waals surface area (Å²) in [7, 11) is 0.199. The molecule has 7 nitrogen and oxygen atoms in total. The molecule has 23 heavy (non-hydrogen) atoms. The molecule has 1 aliphatic rings. The van der Waals surface area contributed by atoms with Crippen molar-refractivity contribution in [3.05, 3.63) is 18.2 Å². The maximum Gasteiger partial charge on any atom is 0.225 e. The van der Waals surface area contributed by atoms with Gasteiger partial charge in [0, 0.05) is 32.1 Å². The molecule has 0 saturated carbocycles. The van der Waals surface area contributed by atoms with E-state index in [1.54, 1.807) is 25.3 Å². The SMILES string of the molecule is COc1ccc(NC(=O)CCN2CCS(=O)(=O)CC2)c(OC)c1. The number of sulfone groups is 1. The van der Waals surface area contributed by atoms with Gasteiger partial charge in [0.15, 0.2) is 9.84 Å². The summed E-state index contributed by atoms with van der Waals surface area (Å²) in [6, 6.07) is 5.17. The Morgan fingerprint density at radius 1 is 1.22 bits per heavy atom. The molecule has 2 rings (SSSR count). The summed E-state index contributed by atoms with van der Waals surface area (Å²) < 4.78 is 33.1. The Hall–Kier alpha value is -1.80. The van der Waals surface area contributed by atoms with Crippen molar-refractivity contribution in [3.63, 3.8) is 0 Å². The Bertz CT molecular complexity index is 646. The van der Waals surface area contributed by atoms with Crippen molar-refractivity contribution in [1.29, 1.82) is 0 Å². The zero-order valence-corrected chi connectivity index (χ0v) is 14.2. The summed E-state index contributed by atoms with van der Waals surface area (Å²) in [5.41, 5.74) is 0.583. The third-order valence-corrected chi connectivity index (χ3v) is 5.38. The van der Waals surface area contributed by atoms with Crippen molar-refractivity contribution in [2.24, 2.45) is 0 Å². The topological polar surface area (TPSA) is 84.9 Å². The Kier molecular flexibility index (Phi) is 5.84. The van der Waals surface area contributed by atoms with Crippen molar-refractivity contribution in [2.45, 2.75) is 6.42 Å². The molecule has 1 N–H and O–H groups in total.